The molecule has 1 unspecified atom stereocenters. The van der Waals surface area contributed by atoms with E-state index in [9.17, 15) is 4.79 Å². The number of carboxylic acid groups (broad SMARTS) is 1. The summed E-state index contributed by atoms with van der Waals surface area (Å²) in [5.41, 5.74) is 5.15. The molecule has 0 aliphatic carbocycles. The van der Waals surface area contributed by atoms with Crippen LogP contribution in [0.25, 0.3) is 0 Å². The van der Waals surface area contributed by atoms with Gasteiger partial charge in [0.05, 0.1) is 12.2 Å². The number of aliphatic carboxylic acids is 1. The molecule has 1 fully saturated rings. The van der Waals surface area contributed by atoms with Gasteiger partial charge in [0, 0.05) is 19.6 Å². The number of hydrogen-bond acceptors (Lipinski definition) is 4. The van der Waals surface area contributed by atoms with E-state index in [2.05, 4.69) is 0 Å². The second kappa shape index (κ2) is 4.25. The molecule has 0 aromatic heterocycles. The van der Waals surface area contributed by atoms with E-state index in [1.165, 1.54) is 0 Å². The molecule has 82 valence electrons. The van der Waals surface area contributed by atoms with Gasteiger partial charge in [-0.25, -0.2) is 0 Å². The number of morpholine rings is 1. The zero-order chi connectivity index (χ0) is 10.8. The van der Waals surface area contributed by atoms with Gasteiger partial charge in [-0.05, 0) is 13.8 Å². The summed E-state index contributed by atoms with van der Waals surface area (Å²) in [6.07, 6.45) is 0. The monoisotopic (exact) mass is 202 g/mol. The van der Waals surface area contributed by atoms with Crippen molar-refractivity contribution in [3.05, 3.63) is 0 Å². The van der Waals surface area contributed by atoms with Crippen molar-refractivity contribution >= 4 is 5.97 Å². The molecule has 5 heteroatoms. The van der Waals surface area contributed by atoms with Gasteiger partial charge in [0.15, 0.2) is 0 Å². The first-order valence-electron chi connectivity index (χ1n) is 4.77. The maximum Gasteiger partial charge on any atom is 0.322 e. The molecule has 0 bridgehead atoms. The third-order valence-corrected chi connectivity index (χ3v) is 2.40. The fourth-order valence-corrected chi connectivity index (χ4v) is 1.73. The molecule has 0 radical (unpaired) electrons. The topological polar surface area (TPSA) is 75.8 Å². The average Bonchev–Trinajstić information content (AvgIpc) is 2.02. The quantitative estimate of drug-likeness (QED) is 0.646. The first-order valence-corrected chi connectivity index (χ1v) is 4.77. The lowest BCUT2D eigenvalue weighted by atomic mass is 10.1. The number of carbonyl (C=O) groups is 1. The average molecular weight is 202 g/mol. The van der Waals surface area contributed by atoms with E-state index >= 15 is 0 Å². The van der Waals surface area contributed by atoms with E-state index < -0.39 is 12.0 Å². The Bertz CT molecular complexity index is 218. The predicted molar refractivity (Wildman–Crippen MR) is 52.1 cm³/mol. The zero-order valence-corrected chi connectivity index (χ0v) is 8.69. The summed E-state index contributed by atoms with van der Waals surface area (Å²) in [6.45, 7) is 5.87. The van der Waals surface area contributed by atoms with Gasteiger partial charge in [-0.2, -0.15) is 0 Å². The fraction of sp³-hybridized carbons (Fsp3) is 0.889. The Kier molecular flexibility index (Phi) is 3.47. The molecule has 0 amide bonds. The Morgan fingerprint density at radius 1 is 1.71 bits per heavy atom. The molecule has 14 heavy (non-hydrogen) atoms. The molecule has 0 spiro atoms. The van der Waals surface area contributed by atoms with Crippen LogP contribution in [0, 0.1) is 0 Å². The first-order chi connectivity index (χ1) is 6.46. The van der Waals surface area contributed by atoms with Crippen LogP contribution in [0.2, 0.25) is 0 Å². The molecule has 3 N–H and O–H groups in total. The second-order valence-electron chi connectivity index (χ2n) is 4.17. The third-order valence-electron chi connectivity index (χ3n) is 2.40. The van der Waals surface area contributed by atoms with E-state index in [0.29, 0.717) is 19.7 Å². The zero-order valence-electron chi connectivity index (χ0n) is 8.69. The van der Waals surface area contributed by atoms with Crippen LogP contribution in [0.4, 0.5) is 0 Å². The SMILES string of the molecule is CC1(C)CN(C(CN)C(=O)O)CCO1. The van der Waals surface area contributed by atoms with Crippen molar-refractivity contribution in [1.29, 1.82) is 0 Å². The van der Waals surface area contributed by atoms with Crippen LogP contribution in [0.3, 0.4) is 0 Å². The van der Waals surface area contributed by atoms with Crippen LogP contribution < -0.4 is 5.73 Å². The minimum Gasteiger partial charge on any atom is -0.480 e. The molecule has 1 rings (SSSR count). The highest BCUT2D eigenvalue weighted by molar-refractivity contribution is 5.73. The van der Waals surface area contributed by atoms with Crippen molar-refractivity contribution in [2.75, 3.05) is 26.2 Å². The van der Waals surface area contributed by atoms with Gasteiger partial charge in [0.25, 0.3) is 0 Å². The smallest absolute Gasteiger partial charge is 0.322 e. The summed E-state index contributed by atoms with van der Waals surface area (Å²) in [5, 5.41) is 8.93. The minimum atomic E-state index is -0.856. The van der Waals surface area contributed by atoms with Gasteiger partial charge in [0.1, 0.15) is 6.04 Å². The molecule has 1 atom stereocenters. The summed E-state index contributed by atoms with van der Waals surface area (Å²) in [6, 6.07) is -0.585. The summed E-state index contributed by atoms with van der Waals surface area (Å²) in [5.74, 6) is -0.856. The second-order valence-corrected chi connectivity index (χ2v) is 4.17. The number of nitrogens with zero attached hydrogens (tertiary/aromatic N) is 1. The molecular weight excluding hydrogens is 184 g/mol. The van der Waals surface area contributed by atoms with Gasteiger partial charge in [-0.1, -0.05) is 0 Å². The highest BCUT2D eigenvalue weighted by atomic mass is 16.5. The summed E-state index contributed by atoms with van der Waals surface area (Å²) in [7, 11) is 0. The Morgan fingerprint density at radius 2 is 2.36 bits per heavy atom. The van der Waals surface area contributed by atoms with E-state index in [0.717, 1.165) is 0 Å². The number of carboxylic acids is 1. The van der Waals surface area contributed by atoms with E-state index in [1.807, 2.05) is 18.7 Å². The van der Waals surface area contributed by atoms with Gasteiger partial charge < -0.3 is 15.6 Å². The molecule has 0 saturated carbocycles. The Balaban J connectivity index is 2.62. The van der Waals surface area contributed by atoms with Crippen molar-refractivity contribution in [3.8, 4) is 0 Å². The number of rotatable bonds is 3. The number of nitrogens with two attached hydrogens (primary N) is 1. The normalized spacial score (nSPS) is 24.5. The number of hydrogen-bond donors (Lipinski definition) is 2. The van der Waals surface area contributed by atoms with Crippen LogP contribution in [0.15, 0.2) is 0 Å². The van der Waals surface area contributed by atoms with Crippen molar-refractivity contribution in [2.24, 2.45) is 5.73 Å². The van der Waals surface area contributed by atoms with Crippen molar-refractivity contribution in [1.82, 2.24) is 4.90 Å². The van der Waals surface area contributed by atoms with E-state index in [1.54, 1.807) is 0 Å². The molecule has 1 heterocycles. The highest BCUT2D eigenvalue weighted by Gasteiger charge is 2.33. The standard InChI is InChI=1S/C9H18N2O3/c1-9(2)6-11(3-4-14-9)7(5-10)8(12)13/h7H,3-6,10H2,1-2H3,(H,12,13). The van der Waals surface area contributed by atoms with Gasteiger partial charge in [-0.15, -0.1) is 0 Å². The summed E-state index contributed by atoms with van der Waals surface area (Å²) >= 11 is 0. The molecule has 1 saturated heterocycles. The third kappa shape index (κ3) is 2.67. The van der Waals surface area contributed by atoms with Crippen LogP contribution in [0.5, 0.6) is 0 Å². The number of ether oxygens (including phenoxy) is 1. The minimum absolute atomic E-state index is 0.144. The van der Waals surface area contributed by atoms with Crippen molar-refractivity contribution < 1.29 is 14.6 Å². The van der Waals surface area contributed by atoms with Crippen LogP contribution in [0.1, 0.15) is 13.8 Å². The lowest BCUT2D eigenvalue weighted by Gasteiger charge is -2.40. The van der Waals surface area contributed by atoms with Crippen molar-refractivity contribution in [3.63, 3.8) is 0 Å². The van der Waals surface area contributed by atoms with E-state index in [-0.39, 0.29) is 12.1 Å². The Morgan fingerprint density at radius 3 is 2.79 bits per heavy atom. The van der Waals surface area contributed by atoms with Crippen LogP contribution >= 0.6 is 0 Å². The summed E-state index contributed by atoms with van der Waals surface area (Å²) < 4.78 is 5.49. The Hall–Kier alpha value is -0.650. The van der Waals surface area contributed by atoms with Gasteiger partial charge in [-0.3, -0.25) is 9.69 Å². The largest absolute Gasteiger partial charge is 0.480 e. The Labute approximate surface area is 83.8 Å². The van der Waals surface area contributed by atoms with Crippen LogP contribution in [-0.2, 0) is 9.53 Å². The predicted octanol–water partition coefficient (Wildman–Crippen LogP) is -0.491. The fourth-order valence-electron chi connectivity index (χ4n) is 1.73. The lowest BCUT2D eigenvalue weighted by Crippen LogP contribution is -2.56. The van der Waals surface area contributed by atoms with E-state index in [4.69, 9.17) is 15.6 Å². The molecule has 1 aliphatic heterocycles. The van der Waals surface area contributed by atoms with Crippen LogP contribution in [-0.4, -0.2) is 53.9 Å². The molecular formula is C9H18N2O3. The molecule has 0 aromatic rings. The lowest BCUT2D eigenvalue weighted by molar-refractivity contribution is -0.149. The molecule has 0 aromatic carbocycles. The van der Waals surface area contributed by atoms with Crippen molar-refractivity contribution in [2.45, 2.75) is 25.5 Å². The first kappa shape index (κ1) is 11.4. The molecule has 5 nitrogen and oxygen atoms in total. The maximum atomic E-state index is 10.9. The summed E-state index contributed by atoms with van der Waals surface area (Å²) in [4.78, 5) is 12.7. The van der Waals surface area contributed by atoms with Gasteiger partial charge in [0.2, 0.25) is 0 Å². The van der Waals surface area contributed by atoms with Gasteiger partial charge >= 0.3 is 5.97 Å². The highest BCUT2D eigenvalue weighted by Crippen LogP contribution is 2.18. The molecule has 1 aliphatic rings. The maximum absolute atomic E-state index is 10.9.